The van der Waals surface area contributed by atoms with Crippen molar-refractivity contribution in [1.82, 2.24) is 9.88 Å². The highest BCUT2D eigenvalue weighted by atomic mass is 19.1. The van der Waals surface area contributed by atoms with Gasteiger partial charge in [-0.05, 0) is 38.8 Å². The van der Waals surface area contributed by atoms with E-state index in [1.165, 1.54) is 24.9 Å². The lowest BCUT2D eigenvalue weighted by Gasteiger charge is -2.32. The lowest BCUT2D eigenvalue weighted by atomic mass is 10.0. The summed E-state index contributed by atoms with van der Waals surface area (Å²) in [5.41, 5.74) is 1.12. The average molecular weight is 476 g/mol. The van der Waals surface area contributed by atoms with Crippen molar-refractivity contribution >= 4 is 28.5 Å². The molecule has 1 saturated heterocycles. The molecule has 9 nitrogen and oxygen atoms in total. The van der Waals surface area contributed by atoms with Gasteiger partial charge >= 0.3 is 5.97 Å². The van der Waals surface area contributed by atoms with E-state index in [4.69, 9.17) is 14.6 Å². The number of nitrogens with one attached hydrogen (secondary N) is 1. The number of halogens is 1. The van der Waals surface area contributed by atoms with Crippen molar-refractivity contribution in [3.8, 4) is 5.75 Å². The van der Waals surface area contributed by atoms with Crippen LogP contribution in [0.1, 0.15) is 49.0 Å². The lowest BCUT2D eigenvalue weighted by Crippen LogP contribution is -2.32. The van der Waals surface area contributed by atoms with Gasteiger partial charge in [-0.15, -0.1) is 0 Å². The van der Waals surface area contributed by atoms with Crippen molar-refractivity contribution in [2.45, 2.75) is 38.6 Å². The minimum Gasteiger partial charge on any atom is -0.492 e. The fourth-order valence-corrected chi connectivity index (χ4v) is 4.19. The zero-order chi connectivity index (χ0) is 25.0. The Morgan fingerprint density at radius 1 is 1.26 bits per heavy atom. The van der Waals surface area contributed by atoms with Gasteiger partial charge in [0.15, 0.2) is 11.6 Å². The molecule has 1 aromatic carbocycles. The number of rotatable bonds is 6. The van der Waals surface area contributed by atoms with Crippen LogP contribution >= 0.6 is 0 Å². The number of anilines is 1. The molecule has 0 spiro atoms. The predicted octanol–water partition coefficient (Wildman–Crippen LogP) is 3.02. The number of aromatic nitrogens is 1. The Labute approximate surface area is 196 Å². The molecule has 2 aromatic rings. The minimum absolute atomic E-state index is 0.0477. The minimum atomic E-state index is -1.31. The van der Waals surface area contributed by atoms with Crippen LogP contribution in [0.5, 0.6) is 5.75 Å². The molecule has 10 heteroatoms. The van der Waals surface area contributed by atoms with E-state index in [1.54, 1.807) is 4.57 Å². The molecule has 4 rings (SSSR count). The largest absolute Gasteiger partial charge is 0.492 e. The van der Waals surface area contributed by atoms with E-state index < -0.39 is 23.2 Å². The first-order chi connectivity index (χ1) is 16.2. The van der Waals surface area contributed by atoms with Gasteiger partial charge in [0, 0.05) is 38.8 Å². The number of nitrogens with zero attached hydrogens (tertiary/aromatic N) is 2. The third-order valence-corrected chi connectivity index (χ3v) is 5.89. The molecule has 0 amide bonds. The second-order valence-corrected chi connectivity index (χ2v) is 8.38. The molecule has 2 heterocycles. The zero-order valence-corrected chi connectivity index (χ0v) is 19.6. The second kappa shape index (κ2) is 10.7. The normalized spacial score (nSPS) is 15.5. The van der Waals surface area contributed by atoms with Crippen LogP contribution in [-0.4, -0.2) is 60.5 Å². The number of aliphatic carboxylic acids is 1. The predicted molar refractivity (Wildman–Crippen MR) is 127 cm³/mol. The van der Waals surface area contributed by atoms with E-state index in [0.717, 1.165) is 39.2 Å². The van der Waals surface area contributed by atoms with Gasteiger partial charge in [-0.3, -0.25) is 9.59 Å². The van der Waals surface area contributed by atoms with Crippen molar-refractivity contribution in [2.24, 2.45) is 0 Å². The van der Waals surface area contributed by atoms with E-state index in [-0.39, 0.29) is 17.0 Å². The molecule has 1 aliphatic heterocycles. The molecular formula is C24H30FN3O6. The number of pyridine rings is 1. The topological polar surface area (TPSA) is 121 Å². The van der Waals surface area contributed by atoms with Gasteiger partial charge in [0.25, 0.3) is 5.97 Å². The van der Waals surface area contributed by atoms with Crippen LogP contribution in [0.3, 0.4) is 0 Å². The quantitative estimate of drug-likeness (QED) is 0.545. The standard InChI is InChI=1S/C22H26FN3O4.C2H4O2/c1-24-8-5-13-6-9-25(10-7-13)19-17(23)11-15-18(21(19)30-2)26(14-3-4-14)12-16(20(15)27)22(28)29;1-2(3)4/h5,11-12,14,24H,3-4,6-10H2,1-2H3,(H,28,29);1H3,(H,3,4). The molecule has 0 radical (unpaired) electrons. The van der Waals surface area contributed by atoms with Crippen molar-refractivity contribution in [3.05, 3.63) is 45.5 Å². The van der Waals surface area contributed by atoms with Gasteiger partial charge in [0.2, 0.25) is 5.43 Å². The maximum atomic E-state index is 15.3. The van der Waals surface area contributed by atoms with Gasteiger partial charge in [-0.1, -0.05) is 11.6 Å². The summed E-state index contributed by atoms with van der Waals surface area (Å²) in [5.74, 6) is -2.41. The van der Waals surface area contributed by atoms with Gasteiger partial charge in [0.05, 0.1) is 18.0 Å². The number of hydrogen-bond donors (Lipinski definition) is 3. The van der Waals surface area contributed by atoms with Crippen LogP contribution in [0.25, 0.3) is 10.9 Å². The molecule has 2 aliphatic rings. The SMILES string of the molecule is CC(=O)O.CNCC=C1CCN(c2c(F)cc3c(=O)c(C(=O)O)cn(C4CC4)c3c2OC)CC1. The summed E-state index contributed by atoms with van der Waals surface area (Å²) >= 11 is 0. The van der Waals surface area contributed by atoms with E-state index in [0.29, 0.717) is 30.0 Å². The Morgan fingerprint density at radius 2 is 1.88 bits per heavy atom. The van der Waals surface area contributed by atoms with Crippen LogP contribution in [0.15, 0.2) is 28.7 Å². The van der Waals surface area contributed by atoms with Gasteiger partial charge in [0.1, 0.15) is 11.3 Å². The Bertz CT molecular complexity index is 1170. The number of benzene rings is 1. The summed E-state index contributed by atoms with van der Waals surface area (Å²) in [6.07, 6.45) is 6.98. The summed E-state index contributed by atoms with van der Waals surface area (Å²) in [6.45, 7) is 3.19. The van der Waals surface area contributed by atoms with Crippen molar-refractivity contribution < 1.29 is 28.9 Å². The van der Waals surface area contributed by atoms with Crippen LogP contribution in [0, 0.1) is 5.82 Å². The smallest absolute Gasteiger partial charge is 0.341 e. The average Bonchev–Trinajstić information content (AvgIpc) is 3.62. The van der Waals surface area contributed by atoms with Crippen LogP contribution < -0.4 is 20.4 Å². The van der Waals surface area contributed by atoms with Crippen LogP contribution in [0.4, 0.5) is 10.1 Å². The number of methoxy groups -OCH3 is 1. The monoisotopic (exact) mass is 475 g/mol. The van der Waals surface area contributed by atoms with Gasteiger partial charge < -0.3 is 29.7 Å². The number of carbonyl (C=O) groups is 2. The van der Waals surface area contributed by atoms with Crippen molar-refractivity contribution in [3.63, 3.8) is 0 Å². The third-order valence-electron chi connectivity index (χ3n) is 5.89. The number of hydrogen-bond acceptors (Lipinski definition) is 6. The van der Waals surface area contributed by atoms with E-state index >= 15 is 4.39 Å². The number of ether oxygens (including phenoxy) is 1. The second-order valence-electron chi connectivity index (χ2n) is 8.38. The highest BCUT2D eigenvalue weighted by Crippen LogP contribution is 2.44. The van der Waals surface area contributed by atoms with E-state index in [9.17, 15) is 14.7 Å². The molecule has 1 saturated carbocycles. The van der Waals surface area contributed by atoms with Gasteiger partial charge in [-0.2, -0.15) is 0 Å². The summed E-state index contributed by atoms with van der Waals surface area (Å²) in [7, 11) is 3.36. The highest BCUT2D eigenvalue weighted by molar-refractivity contribution is 5.97. The summed E-state index contributed by atoms with van der Waals surface area (Å²) in [4.78, 5) is 35.3. The molecule has 0 unspecified atom stereocenters. The highest BCUT2D eigenvalue weighted by Gasteiger charge is 2.31. The summed E-state index contributed by atoms with van der Waals surface area (Å²) in [5, 5.41) is 20.0. The Hall–Kier alpha value is -3.40. The molecule has 3 N–H and O–H groups in total. The fraction of sp³-hybridized carbons (Fsp3) is 0.458. The van der Waals surface area contributed by atoms with Crippen molar-refractivity contribution in [1.29, 1.82) is 0 Å². The molecule has 184 valence electrons. The zero-order valence-electron chi connectivity index (χ0n) is 19.6. The van der Waals surface area contributed by atoms with Gasteiger partial charge in [-0.25, -0.2) is 9.18 Å². The fourth-order valence-electron chi connectivity index (χ4n) is 4.19. The number of carboxylic acids is 2. The Morgan fingerprint density at radius 3 is 2.38 bits per heavy atom. The Kier molecular flexibility index (Phi) is 7.93. The number of fused-ring (bicyclic) bond motifs is 1. The first-order valence-corrected chi connectivity index (χ1v) is 11.1. The number of aromatic carboxylic acids is 1. The molecule has 0 bridgehead atoms. The lowest BCUT2D eigenvalue weighted by molar-refractivity contribution is -0.134. The first kappa shape index (κ1) is 25.2. The van der Waals surface area contributed by atoms with Crippen LogP contribution in [-0.2, 0) is 4.79 Å². The molecular weight excluding hydrogens is 445 g/mol. The van der Waals surface area contributed by atoms with E-state index in [2.05, 4.69) is 11.4 Å². The first-order valence-electron chi connectivity index (χ1n) is 11.1. The van der Waals surface area contributed by atoms with Crippen LogP contribution in [0.2, 0.25) is 0 Å². The maximum Gasteiger partial charge on any atom is 0.341 e. The van der Waals surface area contributed by atoms with Crippen molar-refractivity contribution in [2.75, 3.05) is 38.7 Å². The number of carboxylic acid groups (broad SMARTS) is 2. The molecule has 1 aromatic heterocycles. The third kappa shape index (κ3) is 5.39. The van der Waals surface area contributed by atoms with E-state index in [1.807, 2.05) is 11.9 Å². The molecule has 1 aliphatic carbocycles. The Balaban J connectivity index is 0.000000751. The summed E-state index contributed by atoms with van der Waals surface area (Å²) < 4.78 is 22.7. The maximum absolute atomic E-state index is 15.3. The molecule has 2 fully saturated rings. The number of likely N-dealkylation sites (N-methyl/N-ethyl adjacent to an activating group) is 1. The molecule has 0 atom stereocenters. The summed E-state index contributed by atoms with van der Waals surface area (Å²) in [6, 6.07) is 1.27. The molecule has 34 heavy (non-hydrogen) atoms. The number of piperidine rings is 1.